The molecule has 5 nitrogen and oxygen atoms in total. The van der Waals surface area contributed by atoms with E-state index in [1.54, 1.807) is 18.3 Å². The van der Waals surface area contributed by atoms with E-state index in [1.807, 2.05) is 54.6 Å². The second kappa shape index (κ2) is 9.12. The lowest BCUT2D eigenvalue weighted by molar-refractivity contribution is -0.121. The van der Waals surface area contributed by atoms with Crippen LogP contribution in [0.5, 0.6) is 11.6 Å². The first kappa shape index (κ1) is 18.1. The van der Waals surface area contributed by atoms with Crippen LogP contribution in [0, 0.1) is 0 Å². The topological polar surface area (TPSA) is 60.5 Å². The SMILES string of the molecule is O=C(COCc1ccccc1)Nc1ccc(Oc2cccc(Br)c2)nc1. The molecule has 0 saturated heterocycles. The third-order valence-electron chi connectivity index (χ3n) is 3.38. The van der Waals surface area contributed by atoms with E-state index < -0.39 is 0 Å². The van der Waals surface area contributed by atoms with E-state index in [0.29, 0.717) is 23.9 Å². The number of pyridine rings is 1. The Hall–Kier alpha value is -2.70. The highest BCUT2D eigenvalue weighted by Gasteiger charge is 2.05. The van der Waals surface area contributed by atoms with Crippen LogP contribution < -0.4 is 10.1 Å². The predicted molar refractivity (Wildman–Crippen MR) is 103 cm³/mol. The van der Waals surface area contributed by atoms with Crippen LogP contribution in [-0.4, -0.2) is 17.5 Å². The average Bonchev–Trinajstić information content (AvgIpc) is 2.64. The van der Waals surface area contributed by atoms with Gasteiger partial charge in [-0.25, -0.2) is 4.98 Å². The van der Waals surface area contributed by atoms with Gasteiger partial charge in [0.15, 0.2) is 0 Å². The zero-order valence-corrected chi connectivity index (χ0v) is 15.5. The van der Waals surface area contributed by atoms with Gasteiger partial charge < -0.3 is 14.8 Å². The van der Waals surface area contributed by atoms with Crippen LogP contribution >= 0.6 is 15.9 Å². The summed E-state index contributed by atoms with van der Waals surface area (Å²) in [7, 11) is 0. The number of anilines is 1. The molecule has 0 radical (unpaired) electrons. The molecule has 1 aromatic heterocycles. The molecule has 0 aliphatic rings. The summed E-state index contributed by atoms with van der Waals surface area (Å²) in [5.41, 5.74) is 1.61. The van der Waals surface area contributed by atoms with Crippen LogP contribution in [0.2, 0.25) is 0 Å². The fraction of sp³-hybridized carbons (Fsp3) is 0.100. The Labute approximate surface area is 160 Å². The summed E-state index contributed by atoms with van der Waals surface area (Å²) in [6.45, 7) is 0.372. The van der Waals surface area contributed by atoms with E-state index in [9.17, 15) is 4.79 Å². The molecule has 0 spiro atoms. The van der Waals surface area contributed by atoms with Gasteiger partial charge in [-0.15, -0.1) is 0 Å². The summed E-state index contributed by atoms with van der Waals surface area (Å²) in [5.74, 6) is 0.891. The fourth-order valence-corrected chi connectivity index (χ4v) is 2.58. The molecular formula is C20H17BrN2O3. The minimum absolute atomic E-state index is 0.0226. The normalized spacial score (nSPS) is 10.3. The summed E-state index contributed by atoms with van der Waals surface area (Å²) >= 11 is 3.39. The average molecular weight is 413 g/mol. The molecule has 0 unspecified atom stereocenters. The molecule has 2 aromatic carbocycles. The van der Waals surface area contributed by atoms with E-state index in [4.69, 9.17) is 9.47 Å². The monoisotopic (exact) mass is 412 g/mol. The van der Waals surface area contributed by atoms with Crippen molar-refractivity contribution in [3.05, 3.63) is 83.0 Å². The van der Waals surface area contributed by atoms with Crippen LogP contribution in [0.15, 0.2) is 77.4 Å². The summed E-state index contributed by atoms with van der Waals surface area (Å²) < 4.78 is 12.0. The number of aromatic nitrogens is 1. The first-order chi connectivity index (χ1) is 12.7. The number of carbonyl (C=O) groups is 1. The summed E-state index contributed by atoms with van der Waals surface area (Å²) in [6.07, 6.45) is 1.54. The van der Waals surface area contributed by atoms with Crippen molar-refractivity contribution in [1.29, 1.82) is 0 Å². The van der Waals surface area contributed by atoms with Crippen molar-refractivity contribution in [2.45, 2.75) is 6.61 Å². The third-order valence-corrected chi connectivity index (χ3v) is 3.88. The molecule has 3 aromatic rings. The van der Waals surface area contributed by atoms with Gasteiger partial charge in [-0.2, -0.15) is 0 Å². The highest BCUT2D eigenvalue weighted by molar-refractivity contribution is 9.10. The molecule has 1 heterocycles. The largest absolute Gasteiger partial charge is 0.439 e. The number of hydrogen-bond donors (Lipinski definition) is 1. The molecule has 0 fully saturated rings. The van der Waals surface area contributed by atoms with Gasteiger partial charge in [0, 0.05) is 10.5 Å². The molecule has 0 atom stereocenters. The van der Waals surface area contributed by atoms with E-state index in [0.717, 1.165) is 10.0 Å². The molecule has 0 aliphatic heterocycles. The highest BCUT2D eigenvalue weighted by Crippen LogP contribution is 2.23. The van der Waals surface area contributed by atoms with Crippen molar-refractivity contribution in [3.8, 4) is 11.6 Å². The molecule has 0 saturated carbocycles. The first-order valence-corrected chi connectivity index (χ1v) is 8.79. The fourth-order valence-electron chi connectivity index (χ4n) is 2.20. The van der Waals surface area contributed by atoms with Gasteiger partial charge in [0.1, 0.15) is 12.4 Å². The van der Waals surface area contributed by atoms with Crippen LogP contribution in [0.1, 0.15) is 5.56 Å². The van der Waals surface area contributed by atoms with Gasteiger partial charge in [-0.3, -0.25) is 4.79 Å². The van der Waals surface area contributed by atoms with Crippen molar-refractivity contribution < 1.29 is 14.3 Å². The Morgan fingerprint density at radius 1 is 1.04 bits per heavy atom. The quantitative estimate of drug-likeness (QED) is 0.605. The van der Waals surface area contributed by atoms with Gasteiger partial charge in [0.2, 0.25) is 11.8 Å². The molecule has 0 bridgehead atoms. The van der Waals surface area contributed by atoms with E-state index in [2.05, 4.69) is 26.2 Å². The number of amides is 1. The third kappa shape index (κ3) is 5.68. The molecule has 26 heavy (non-hydrogen) atoms. The van der Waals surface area contributed by atoms with Gasteiger partial charge >= 0.3 is 0 Å². The zero-order chi connectivity index (χ0) is 18.2. The summed E-state index contributed by atoms with van der Waals surface area (Å²) in [6, 6.07) is 20.6. The molecule has 3 rings (SSSR count). The standard InChI is InChI=1S/C20H17BrN2O3/c21-16-7-4-8-18(11-16)26-20-10-9-17(12-22-20)23-19(24)14-25-13-15-5-2-1-3-6-15/h1-12H,13-14H2,(H,23,24). The lowest BCUT2D eigenvalue weighted by Crippen LogP contribution is -2.18. The van der Waals surface area contributed by atoms with E-state index in [1.165, 1.54) is 0 Å². The van der Waals surface area contributed by atoms with Crippen molar-refractivity contribution >= 4 is 27.5 Å². The number of benzene rings is 2. The molecule has 1 N–H and O–H groups in total. The maximum Gasteiger partial charge on any atom is 0.250 e. The second-order valence-corrected chi connectivity index (χ2v) is 6.39. The maximum atomic E-state index is 11.9. The molecule has 6 heteroatoms. The van der Waals surface area contributed by atoms with Crippen molar-refractivity contribution in [3.63, 3.8) is 0 Å². The zero-order valence-electron chi connectivity index (χ0n) is 13.9. The lowest BCUT2D eigenvalue weighted by atomic mass is 10.2. The Bertz CT molecular complexity index is 854. The Morgan fingerprint density at radius 2 is 1.88 bits per heavy atom. The number of nitrogens with one attached hydrogen (secondary N) is 1. The Balaban J connectivity index is 1.46. The second-order valence-electron chi connectivity index (χ2n) is 5.47. The highest BCUT2D eigenvalue weighted by atomic mass is 79.9. The number of nitrogens with zero attached hydrogens (tertiary/aromatic N) is 1. The Morgan fingerprint density at radius 3 is 2.62 bits per heavy atom. The maximum absolute atomic E-state index is 11.9. The van der Waals surface area contributed by atoms with Crippen LogP contribution in [0.3, 0.4) is 0 Å². The Kier molecular flexibility index (Phi) is 6.35. The van der Waals surface area contributed by atoms with Crippen LogP contribution in [0.4, 0.5) is 5.69 Å². The minimum atomic E-state index is -0.233. The van der Waals surface area contributed by atoms with Crippen LogP contribution in [-0.2, 0) is 16.1 Å². The van der Waals surface area contributed by atoms with Gasteiger partial charge in [-0.1, -0.05) is 52.3 Å². The number of carbonyl (C=O) groups excluding carboxylic acids is 1. The number of rotatable bonds is 7. The molecule has 1 amide bonds. The number of ether oxygens (including phenoxy) is 2. The molecule has 132 valence electrons. The van der Waals surface area contributed by atoms with Crippen LogP contribution in [0.25, 0.3) is 0 Å². The predicted octanol–water partition coefficient (Wildman–Crippen LogP) is 4.79. The smallest absolute Gasteiger partial charge is 0.250 e. The summed E-state index contributed by atoms with van der Waals surface area (Å²) in [5, 5.41) is 2.74. The lowest BCUT2D eigenvalue weighted by Gasteiger charge is -2.08. The van der Waals surface area contributed by atoms with Gasteiger partial charge in [-0.05, 0) is 29.8 Å². The number of hydrogen-bond acceptors (Lipinski definition) is 4. The number of halogens is 1. The van der Waals surface area contributed by atoms with Gasteiger partial charge in [0.25, 0.3) is 0 Å². The minimum Gasteiger partial charge on any atom is -0.439 e. The van der Waals surface area contributed by atoms with Crippen molar-refractivity contribution in [1.82, 2.24) is 4.98 Å². The van der Waals surface area contributed by atoms with E-state index >= 15 is 0 Å². The molecule has 0 aliphatic carbocycles. The molecular weight excluding hydrogens is 396 g/mol. The first-order valence-electron chi connectivity index (χ1n) is 8.00. The van der Waals surface area contributed by atoms with E-state index in [-0.39, 0.29) is 12.5 Å². The van der Waals surface area contributed by atoms with Crippen molar-refractivity contribution in [2.75, 3.05) is 11.9 Å². The summed E-state index contributed by atoms with van der Waals surface area (Å²) in [4.78, 5) is 16.1. The van der Waals surface area contributed by atoms with Crippen molar-refractivity contribution in [2.24, 2.45) is 0 Å². The van der Waals surface area contributed by atoms with Gasteiger partial charge in [0.05, 0.1) is 18.5 Å².